The summed E-state index contributed by atoms with van der Waals surface area (Å²) in [7, 11) is 0. The molecule has 0 saturated carbocycles. The van der Waals surface area contributed by atoms with E-state index in [4.69, 9.17) is 11.6 Å². The van der Waals surface area contributed by atoms with Gasteiger partial charge in [-0.3, -0.25) is 10.1 Å². The third-order valence-corrected chi connectivity index (χ3v) is 4.34. The lowest BCUT2D eigenvalue weighted by atomic mass is 10.0. The Kier molecular flexibility index (Phi) is 4.83. The van der Waals surface area contributed by atoms with Crippen molar-refractivity contribution >= 4 is 28.5 Å². The molecule has 0 aliphatic heterocycles. The van der Waals surface area contributed by atoms with Crippen LogP contribution in [0.2, 0.25) is 5.02 Å². The smallest absolute Gasteiger partial charge is 0.321 e. The Labute approximate surface area is 143 Å². The van der Waals surface area contributed by atoms with E-state index in [1.165, 1.54) is 12.1 Å². The molecule has 3 aromatic rings. The zero-order valence-corrected chi connectivity index (χ0v) is 13.5. The molecule has 4 nitrogen and oxygen atoms in total. The quantitative estimate of drug-likeness (QED) is 0.637. The van der Waals surface area contributed by atoms with E-state index in [0.717, 1.165) is 16.5 Å². The Bertz CT molecular complexity index is 858. The number of fused-ring (bicyclic) bond motifs is 1. The summed E-state index contributed by atoms with van der Waals surface area (Å²) in [6.07, 6.45) is 2.09. The molecule has 6 heteroatoms. The summed E-state index contributed by atoms with van der Waals surface area (Å²) in [6, 6.07) is 11.2. The van der Waals surface area contributed by atoms with Crippen LogP contribution in [0.1, 0.15) is 11.1 Å². The van der Waals surface area contributed by atoms with Crippen LogP contribution in [-0.4, -0.2) is 22.1 Å². The number of aromatic amines is 1. The average molecular weight is 347 g/mol. The molecule has 0 fully saturated rings. The van der Waals surface area contributed by atoms with Crippen molar-refractivity contribution in [3.63, 3.8) is 0 Å². The van der Waals surface area contributed by atoms with Gasteiger partial charge in [-0.1, -0.05) is 35.9 Å². The van der Waals surface area contributed by atoms with Crippen LogP contribution < -0.4 is 5.32 Å². The lowest BCUT2D eigenvalue weighted by molar-refractivity contribution is -0.139. The first-order valence-electron chi connectivity index (χ1n) is 7.50. The van der Waals surface area contributed by atoms with Crippen LogP contribution in [-0.2, 0) is 17.8 Å². The molecule has 1 aromatic heterocycles. The Balaban J connectivity index is 1.77. The second kappa shape index (κ2) is 7.03. The topological polar surface area (TPSA) is 65.1 Å². The van der Waals surface area contributed by atoms with Gasteiger partial charge in [0, 0.05) is 40.7 Å². The highest BCUT2D eigenvalue weighted by molar-refractivity contribution is 6.31. The number of carboxylic acids is 1. The van der Waals surface area contributed by atoms with Gasteiger partial charge < -0.3 is 10.1 Å². The predicted octanol–water partition coefficient (Wildman–Crippen LogP) is 3.75. The van der Waals surface area contributed by atoms with Crippen molar-refractivity contribution in [2.45, 2.75) is 19.0 Å². The monoisotopic (exact) mass is 346 g/mol. The highest BCUT2D eigenvalue weighted by Crippen LogP contribution is 2.21. The average Bonchev–Trinajstić information content (AvgIpc) is 2.96. The molecule has 0 aliphatic carbocycles. The van der Waals surface area contributed by atoms with Gasteiger partial charge in [-0.25, -0.2) is 4.39 Å². The highest BCUT2D eigenvalue weighted by Gasteiger charge is 2.20. The number of aromatic nitrogens is 1. The van der Waals surface area contributed by atoms with Crippen LogP contribution in [0.25, 0.3) is 10.9 Å². The van der Waals surface area contributed by atoms with Gasteiger partial charge in [0.1, 0.15) is 11.9 Å². The molecule has 3 rings (SSSR count). The lowest BCUT2D eigenvalue weighted by Crippen LogP contribution is -2.38. The van der Waals surface area contributed by atoms with Crippen molar-refractivity contribution < 1.29 is 14.3 Å². The summed E-state index contributed by atoms with van der Waals surface area (Å²) < 4.78 is 13.8. The summed E-state index contributed by atoms with van der Waals surface area (Å²) >= 11 is 5.98. The molecule has 0 amide bonds. The number of rotatable bonds is 6. The SMILES string of the molecule is O=C(O)C(Cc1c[nH]c2ccccc12)NCc1c(F)cccc1Cl. The Morgan fingerprint density at radius 3 is 2.79 bits per heavy atom. The zero-order chi connectivity index (χ0) is 17.1. The van der Waals surface area contributed by atoms with Gasteiger partial charge in [0.05, 0.1) is 0 Å². The number of carbonyl (C=O) groups is 1. The zero-order valence-electron chi connectivity index (χ0n) is 12.7. The molecule has 0 aliphatic rings. The van der Waals surface area contributed by atoms with Gasteiger partial charge >= 0.3 is 5.97 Å². The Hall–Kier alpha value is -2.37. The Morgan fingerprint density at radius 2 is 2.04 bits per heavy atom. The second-order valence-electron chi connectivity index (χ2n) is 5.54. The number of H-pyrrole nitrogens is 1. The third kappa shape index (κ3) is 3.42. The number of nitrogens with one attached hydrogen (secondary N) is 2. The van der Waals surface area contributed by atoms with Crippen molar-refractivity contribution in [3.8, 4) is 0 Å². The number of halogens is 2. The standard InChI is InChI=1S/C18H16ClFN2O2/c19-14-5-3-6-15(20)13(14)10-22-17(18(23)24)8-11-9-21-16-7-2-1-4-12(11)16/h1-7,9,17,21-22H,8,10H2,(H,23,24). The van der Waals surface area contributed by atoms with E-state index in [-0.39, 0.29) is 23.6 Å². The van der Waals surface area contributed by atoms with Crippen molar-refractivity contribution in [3.05, 3.63) is 70.6 Å². The van der Waals surface area contributed by atoms with Gasteiger partial charge in [0.15, 0.2) is 0 Å². The second-order valence-corrected chi connectivity index (χ2v) is 5.94. The first-order valence-corrected chi connectivity index (χ1v) is 7.88. The van der Waals surface area contributed by atoms with Crippen LogP contribution in [0, 0.1) is 5.82 Å². The number of benzene rings is 2. The molecule has 0 bridgehead atoms. The number of hydrogen-bond donors (Lipinski definition) is 3. The maximum atomic E-state index is 13.8. The summed E-state index contributed by atoms with van der Waals surface area (Å²) in [4.78, 5) is 14.7. The number of para-hydroxylation sites is 1. The van der Waals surface area contributed by atoms with Gasteiger partial charge in [-0.15, -0.1) is 0 Å². The summed E-state index contributed by atoms with van der Waals surface area (Å²) in [5.41, 5.74) is 2.11. The first kappa shape index (κ1) is 16.5. The van der Waals surface area contributed by atoms with Crippen molar-refractivity contribution in [2.24, 2.45) is 0 Å². The van der Waals surface area contributed by atoms with E-state index in [9.17, 15) is 14.3 Å². The molecular weight excluding hydrogens is 331 g/mol. The fourth-order valence-electron chi connectivity index (χ4n) is 2.69. The van der Waals surface area contributed by atoms with Crippen LogP contribution in [0.15, 0.2) is 48.7 Å². The van der Waals surface area contributed by atoms with Gasteiger partial charge in [0.2, 0.25) is 0 Å². The van der Waals surface area contributed by atoms with Gasteiger partial charge in [-0.2, -0.15) is 0 Å². The maximum Gasteiger partial charge on any atom is 0.321 e. The van der Waals surface area contributed by atoms with Crippen LogP contribution in [0.3, 0.4) is 0 Å². The lowest BCUT2D eigenvalue weighted by Gasteiger charge is -2.15. The number of aliphatic carboxylic acids is 1. The summed E-state index contributed by atoms with van der Waals surface area (Å²) in [6.45, 7) is 0.0465. The van der Waals surface area contributed by atoms with Crippen molar-refractivity contribution in [1.29, 1.82) is 0 Å². The Morgan fingerprint density at radius 1 is 1.25 bits per heavy atom. The number of hydrogen-bond acceptors (Lipinski definition) is 2. The summed E-state index contributed by atoms with van der Waals surface area (Å²) in [5.74, 6) is -1.45. The molecule has 2 aromatic carbocycles. The molecule has 3 N–H and O–H groups in total. The number of carboxylic acid groups (broad SMARTS) is 1. The fourth-order valence-corrected chi connectivity index (χ4v) is 2.92. The van der Waals surface area contributed by atoms with E-state index < -0.39 is 17.8 Å². The maximum absolute atomic E-state index is 13.8. The predicted molar refractivity (Wildman–Crippen MR) is 91.7 cm³/mol. The fraction of sp³-hybridized carbons (Fsp3) is 0.167. The minimum absolute atomic E-state index is 0.0465. The van der Waals surface area contributed by atoms with E-state index in [1.54, 1.807) is 12.3 Å². The van der Waals surface area contributed by atoms with E-state index in [2.05, 4.69) is 10.3 Å². The van der Waals surface area contributed by atoms with Crippen LogP contribution >= 0.6 is 11.6 Å². The normalized spacial score (nSPS) is 12.4. The van der Waals surface area contributed by atoms with Gasteiger partial charge in [-0.05, 0) is 23.8 Å². The highest BCUT2D eigenvalue weighted by atomic mass is 35.5. The minimum atomic E-state index is -0.993. The van der Waals surface area contributed by atoms with E-state index >= 15 is 0 Å². The van der Waals surface area contributed by atoms with E-state index in [1.807, 2.05) is 24.3 Å². The molecule has 1 atom stereocenters. The molecule has 0 saturated heterocycles. The van der Waals surface area contributed by atoms with Gasteiger partial charge in [0.25, 0.3) is 0 Å². The van der Waals surface area contributed by atoms with E-state index in [0.29, 0.717) is 0 Å². The van der Waals surface area contributed by atoms with Crippen LogP contribution in [0.4, 0.5) is 4.39 Å². The first-order chi connectivity index (χ1) is 11.6. The molecule has 0 spiro atoms. The summed E-state index contributed by atoms with van der Waals surface area (Å²) in [5, 5.41) is 13.6. The molecular formula is C18H16ClFN2O2. The van der Waals surface area contributed by atoms with Crippen molar-refractivity contribution in [1.82, 2.24) is 10.3 Å². The minimum Gasteiger partial charge on any atom is -0.480 e. The van der Waals surface area contributed by atoms with Crippen LogP contribution in [0.5, 0.6) is 0 Å². The molecule has 24 heavy (non-hydrogen) atoms. The molecule has 124 valence electrons. The largest absolute Gasteiger partial charge is 0.480 e. The molecule has 1 unspecified atom stereocenters. The van der Waals surface area contributed by atoms with Crippen molar-refractivity contribution in [2.75, 3.05) is 0 Å². The molecule has 1 heterocycles. The third-order valence-electron chi connectivity index (χ3n) is 3.98. The molecule has 0 radical (unpaired) electrons.